The van der Waals surface area contributed by atoms with Crippen LogP contribution >= 0.6 is 11.6 Å². The molecule has 0 amide bonds. The molecule has 0 aliphatic heterocycles. The lowest BCUT2D eigenvalue weighted by Gasteiger charge is -2.11. The van der Waals surface area contributed by atoms with Gasteiger partial charge in [0.25, 0.3) is 0 Å². The minimum absolute atomic E-state index is 0.620. The van der Waals surface area contributed by atoms with Gasteiger partial charge < -0.3 is 19.8 Å². The molecule has 2 N–H and O–H groups in total. The molecule has 1 heterocycles. The van der Waals surface area contributed by atoms with Crippen molar-refractivity contribution in [3.8, 4) is 22.9 Å². The van der Waals surface area contributed by atoms with Crippen LogP contribution in [0, 0.1) is 0 Å². The lowest BCUT2D eigenvalue weighted by molar-refractivity contribution is 0.393. The number of aromatic amines is 1. The summed E-state index contributed by atoms with van der Waals surface area (Å²) >= 11 is 6.43. The van der Waals surface area contributed by atoms with E-state index in [-0.39, 0.29) is 0 Å². The number of ether oxygens (including phenoxy) is 2. The molecule has 3 aromatic carbocycles. The first-order valence-corrected chi connectivity index (χ1v) is 9.24. The van der Waals surface area contributed by atoms with Gasteiger partial charge >= 0.3 is 0 Å². The number of H-pyrrole nitrogens is 1. The van der Waals surface area contributed by atoms with Crippen molar-refractivity contribution >= 4 is 28.3 Å². The van der Waals surface area contributed by atoms with E-state index in [9.17, 15) is 0 Å². The van der Waals surface area contributed by atoms with Crippen LogP contribution in [0.15, 0.2) is 60.7 Å². The fraction of sp³-hybridized carbons (Fsp3) is 0.136. The molecular weight excluding hydrogens is 374 g/mol. The number of halogens is 1. The molecular formula is C22H20ClN3O2. The first-order chi connectivity index (χ1) is 13.7. The van der Waals surface area contributed by atoms with E-state index >= 15 is 0 Å². The Bertz CT molecular complexity index is 1070. The van der Waals surface area contributed by atoms with Crippen LogP contribution in [0.1, 0.15) is 5.56 Å². The highest BCUT2D eigenvalue weighted by Crippen LogP contribution is 2.31. The Morgan fingerprint density at radius 2 is 1.71 bits per heavy atom. The molecule has 0 radical (unpaired) electrons. The van der Waals surface area contributed by atoms with Gasteiger partial charge in [0.1, 0.15) is 17.3 Å². The third-order valence-electron chi connectivity index (χ3n) is 4.52. The van der Waals surface area contributed by atoms with E-state index in [1.165, 1.54) is 0 Å². The third kappa shape index (κ3) is 3.75. The van der Waals surface area contributed by atoms with Gasteiger partial charge in [-0.1, -0.05) is 23.7 Å². The Kier molecular flexibility index (Phi) is 5.08. The average Bonchev–Trinajstić information content (AvgIpc) is 3.16. The number of hydrogen-bond donors (Lipinski definition) is 2. The SMILES string of the molecule is COc1cc(CNc2ccc(Cl)c(-c3nc4ccccc4[nH]3)c2)cc(OC)c1. The summed E-state index contributed by atoms with van der Waals surface area (Å²) in [6.07, 6.45) is 0. The van der Waals surface area contributed by atoms with Gasteiger partial charge in [-0.2, -0.15) is 0 Å². The van der Waals surface area contributed by atoms with Gasteiger partial charge in [-0.3, -0.25) is 0 Å². The van der Waals surface area contributed by atoms with Crippen LogP contribution in [-0.4, -0.2) is 24.2 Å². The number of anilines is 1. The number of methoxy groups -OCH3 is 2. The van der Waals surface area contributed by atoms with Crippen molar-refractivity contribution < 1.29 is 9.47 Å². The average molecular weight is 394 g/mol. The number of aromatic nitrogens is 2. The highest BCUT2D eigenvalue weighted by molar-refractivity contribution is 6.33. The van der Waals surface area contributed by atoms with Gasteiger partial charge in [0.15, 0.2) is 0 Å². The van der Waals surface area contributed by atoms with E-state index < -0.39 is 0 Å². The van der Waals surface area contributed by atoms with Gasteiger partial charge in [-0.05, 0) is 48.0 Å². The van der Waals surface area contributed by atoms with Crippen LogP contribution in [0.5, 0.6) is 11.5 Å². The molecule has 0 bridgehead atoms. The molecule has 0 aliphatic carbocycles. The zero-order valence-corrected chi connectivity index (χ0v) is 16.4. The predicted octanol–water partition coefficient (Wildman–Crippen LogP) is 5.51. The molecule has 142 valence electrons. The summed E-state index contributed by atoms with van der Waals surface area (Å²) in [5, 5.41) is 4.07. The minimum atomic E-state index is 0.620. The zero-order chi connectivity index (χ0) is 19.5. The lowest BCUT2D eigenvalue weighted by atomic mass is 10.1. The summed E-state index contributed by atoms with van der Waals surface area (Å²) in [6, 6.07) is 19.5. The number of hydrogen-bond acceptors (Lipinski definition) is 4. The van der Waals surface area contributed by atoms with Crippen molar-refractivity contribution in [1.82, 2.24) is 9.97 Å². The molecule has 4 rings (SSSR count). The Labute approximate surface area is 168 Å². The molecule has 0 atom stereocenters. The van der Waals surface area contributed by atoms with Gasteiger partial charge in [-0.15, -0.1) is 0 Å². The predicted molar refractivity (Wildman–Crippen MR) is 113 cm³/mol. The monoisotopic (exact) mass is 393 g/mol. The summed E-state index contributed by atoms with van der Waals surface area (Å²) in [7, 11) is 3.29. The van der Waals surface area contributed by atoms with Crippen LogP contribution in [0.2, 0.25) is 5.02 Å². The molecule has 1 aromatic heterocycles. The van der Waals surface area contributed by atoms with Crippen molar-refractivity contribution in [2.45, 2.75) is 6.54 Å². The molecule has 6 heteroatoms. The molecule has 4 aromatic rings. The summed E-state index contributed by atoms with van der Waals surface area (Å²) in [4.78, 5) is 7.98. The Morgan fingerprint density at radius 1 is 0.964 bits per heavy atom. The van der Waals surface area contributed by atoms with Gasteiger partial charge in [-0.25, -0.2) is 4.98 Å². The summed E-state index contributed by atoms with van der Waals surface area (Å²) in [5.74, 6) is 2.27. The maximum atomic E-state index is 6.43. The quantitative estimate of drug-likeness (QED) is 0.453. The molecule has 0 aliphatic rings. The highest BCUT2D eigenvalue weighted by Gasteiger charge is 2.10. The molecule has 0 saturated carbocycles. The normalized spacial score (nSPS) is 10.8. The van der Waals surface area contributed by atoms with Crippen LogP contribution < -0.4 is 14.8 Å². The van der Waals surface area contributed by atoms with E-state index in [1.807, 2.05) is 60.7 Å². The molecule has 0 fully saturated rings. The number of imidazole rings is 1. The fourth-order valence-electron chi connectivity index (χ4n) is 3.07. The van der Waals surface area contributed by atoms with Crippen molar-refractivity contribution in [2.75, 3.05) is 19.5 Å². The van der Waals surface area contributed by atoms with E-state index in [0.717, 1.165) is 45.2 Å². The zero-order valence-electron chi connectivity index (χ0n) is 15.6. The third-order valence-corrected chi connectivity index (χ3v) is 4.85. The van der Waals surface area contributed by atoms with Crippen molar-refractivity contribution in [3.63, 3.8) is 0 Å². The standard InChI is InChI=1S/C22H20ClN3O2/c1-27-16-9-14(10-17(12-16)28-2)13-24-15-7-8-19(23)18(11-15)22-25-20-5-3-4-6-21(20)26-22/h3-12,24H,13H2,1-2H3,(H,25,26). The minimum Gasteiger partial charge on any atom is -0.497 e. The number of rotatable bonds is 6. The number of benzene rings is 3. The topological polar surface area (TPSA) is 59.2 Å². The number of fused-ring (bicyclic) bond motifs is 1. The Hall–Kier alpha value is -3.18. The lowest BCUT2D eigenvalue weighted by Crippen LogP contribution is -2.01. The van der Waals surface area contributed by atoms with E-state index in [1.54, 1.807) is 14.2 Å². The summed E-state index contributed by atoms with van der Waals surface area (Å²) < 4.78 is 10.7. The van der Waals surface area contributed by atoms with Crippen LogP contribution in [-0.2, 0) is 6.54 Å². The van der Waals surface area contributed by atoms with Crippen LogP contribution in [0.3, 0.4) is 0 Å². The van der Waals surface area contributed by atoms with E-state index in [0.29, 0.717) is 11.6 Å². The molecule has 28 heavy (non-hydrogen) atoms. The van der Waals surface area contributed by atoms with Gasteiger partial charge in [0.2, 0.25) is 0 Å². The Balaban J connectivity index is 1.59. The summed E-state index contributed by atoms with van der Waals surface area (Å²) in [5.41, 5.74) is 4.75. The van der Waals surface area contributed by atoms with Crippen molar-refractivity contribution in [2.24, 2.45) is 0 Å². The van der Waals surface area contributed by atoms with E-state index in [4.69, 9.17) is 21.1 Å². The van der Waals surface area contributed by atoms with Crippen LogP contribution in [0.4, 0.5) is 5.69 Å². The van der Waals surface area contributed by atoms with E-state index in [2.05, 4.69) is 15.3 Å². The first kappa shape index (κ1) is 18.2. The van der Waals surface area contributed by atoms with Crippen molar-refractivity contribution in [1.29, 1.82) is 0 Å². The highest BCUT2D eigenvalue weighted by atomic mass is 35.5. The first-order valence-electron chi connectivity index (χ1n) is 8.87. The van der Waals surface area contributed by atoms with Gasteiger partial charge in [0.05, 0.1) is 30.3 Å². The van der Waals surface area contributed by atoms with Gasteiger partial charge in [0, 0.05) is 23.9 Å². The number of para-hydroxylation sites is 2. The molecule has 0 spiro atoms. The fourth-order valence-corrected chi connectivity index (χ4v) is 3.28. The number of nitrogens with one attached hydrogen (secondary N) is 2. The van der Waals surface area contributed by atoms with Crippen LogP contribution in [0.25, 0.3) is 22.4 Å². The maximum Gasteiger partial charge on any atom is 0.140 e. The Morgan fingerprint density at radius 3 is 2.43 bits per heavy atom. The largest absolute Gasteiger partial charge is 0.497 e. The number of nitrogens with zero attached hydrogens (tertiary/aromatic N) is 1. The second-order valence-corrected chi connectivity index (χ2v) is 6.78. The molecule has 5 nitrogen and oxygen atoms in total. The molecule has 0 saturated heterocycles. The smallest absolute Gasteiger partial charge is 0.140 e. The maximum absolute atomic E-state index is 6.43. The van der Waals surface area contributed by atoms with Crippen molar-refractivity contribution in [3.05, 3.63) is 71.2 Å². The summed E-state index contributed by atoms with van der Waals surface area (Å²) in [6.45, 7) is 0.620. The second-order valence-electron chi connectivity index (χ2n) is 6.37. The second kappa shape index (κ2) is 7.82. The molecule has 0 unspecified atom stereocenters.